The van der Waals surface area contributed by atoms with Crippen LogP contribution in [0.5, 0.6) is 0 Å². The van der Waals surface area contributed by atoms with Gasteiger partial charge in [-0.3, -0.25) is 4.79 Å². The van der Waals surface area contributed by atoms with Crippen LogP contribution in [0, 0.1) is 0 Å². The van der Waals surface area contributed by atoms with E-state index in [1.54, 1.807) is 0 Å². The maximum Gasteiger partial charge on any atom is 0.238 e. The number of halogens is 1. The molecule has 0 aliphatic carbocycles. The van der Waals surface area contributed by atoms with E-state index in [9.17, 15) is 4.79 Å². The number of carbonyl (C=O) groups is 1. The van der Waals surface area contributed by atoms with E-state index in [0.29, 0.717) is 0 Å². The van der Waals surface area contributed by atoms with Gasteiger partial charge in [-0.1, -0.05) is 66.0 Å². The molecule has 1 atom stereocenters. The van der Waals surface area contributed by atoms with Crippen LogP contribution < -0.4 is 5.32 Å². The van der Waals surface area contributed by atoms with Crippen molar-refractivity contribution in [2.45, 2.75) is 31.0 Å². The van der Waals surface area contributed by atoms with Gasteiger partial charge in [0.1, 0.15) is 4.83 Å². The van der Waals surface area contributed by atoms with Gasteiger partial charge in [-0.05, 0) is 12.0 Å². The summed E-state index contributed by atoms with van der Waals surface area (Å²) in [5.74, 6) is 0.0438. The second-order valence-corrected chi connectivity index (χ2v) is 4.69. The second-order valence-electron chi connectivity index (χ2n) is 3.77. The van der Waals surface area contributed by atoms with Crippen molar-refractivity contribution in [3.05, 3.63) is 35.9 Å². The smallest absolute Gasteiger partial charge is 0.238 e. The summed E-state index contributed by atoms with van der Waals surface area (Å²) in [6, 6.07) is 9.72. The lowest BCUT2D eigenvalue weighted by atomic mass is 10.1. The number of alkyl halides is 1. The van der Waals surface area contributed by atoms with E-state index in [-0.39, 0.29) is 10.7 Å². The van der Waals surface area contributed by atoms with E-state index in [4.69, 9.17) is 0 Å². The van der Waals surface area contributed by atoms with E-state index in [0.717, 1.165) is 18.5 Å². The quantitative estimate of drug-likeness (QED) is 0.629. The van der Waals surface area contributed by atoms with Crippen LogP contribution in [-0.4, -0.2) is 12.5 Å². The molecule has 2 nitrogen and oxygen atoms in total. The summed E-state index contributed by atoms with van der Waals surface area (Å²) in [7, 11) is 0. The van der Waals surface area contributed by atoms with Crippen molar-refractivity contribution in [2.75, 3.05) is 6.54 Å². The number of amides is 1. The molecule has 0 aliphatic rings. The average Bonchev–Trinajstić information content (AvgIpc) is 2.34. The highest BCUT2D eigenvalue weighted by Crippen LogP contribution is 2.22. The maximum atomic E-state index is 11.7. The Bertz CT molecular complexity index is 313. The fraction of sp³-hybridized carbons (Fsp3) is 0.462. The minimum atomic E-state index is -0.240. The molecule has 0 aromatic heterocycles. The Kier molecular flexibility index (Phi) is 6.16. The lowest BCUT2D eigenvalue weighted by Gasteiger charge is -2.10. The van der Waals surface area contributed by atoms with E-state index in [1.807, 2.05) is 30.3 Å². The number of unbranched alkanes of at least 4 members (excludes halogenated alkanes) is 2. The molecule has 1 unspecified atom stereocenters. The highest BCUT2D eigenvalue weighted by molar-refractivity contribution is 9.09. The Morgan fingerprint density at radius 1 is 1.31 bits per heavy atom. The summed E-state index contributed by atoms with van der Waals surface area (Å²) in [6.45, 7) is 2.92. The number of nitrogens with one attached hydrogen (secondary N) is 1. The highest BCUT2D eigenvalue weighted by Gasteiger charge is 2.15. The minimum absolute atomic E-state index is 0.0438. The van der Waals surface area contributed by atoms with Gasteiger partial charge in [0.2, 0.25) is 5.91 Å². The van der Waals surface area contributed by atoms with E-state index >= 15 is 0 Å². The first-order chi connectivity index (χ1) is 7.75. The van der Waals surface area contributed by atoms with E-state index < -0.39 is 0 Å². The normalized spacial score (nSPS) is 12.1. The Morgan fingerprint density at radius 2 is 2.00 bits per heavy atom. The molecule has 16 heavy (non-hydrogen) atoms. The van der Waals surface area contributed by atoms with Crippen molar-refractivity contribution in [1.29, 1.82) is 0 Å². The van der Waals surface area contributed by atoms with E-state index in [1.165, 1.54) is 12.8 Å². The molecule has 1 aromatic rings. The third-order valence-corrected chi connectivity index (χ3v) is 3.35. The first-order valence-corrected chi connectivity index (χ1v) is 6.64. The summed E-state index contributed by atoms with van der Waals surface area (Å²) in [6.07, 6.45) is 3.39. The van der Waals surface area contributed by atoms with Crippen LogP contribution in [0.1, 0.15) is 36.6 Å². The zero-order valence-corrected chi connectivity index (χ0v) is 11.2. The Hall–Kier alpha value is -0.830. The molecule has 1 rings (SSSR count). The van der Waals surface area contributed by atoms with Gasteiger partial charge in [-0.15, -0.1) is 0 Å². The maximum absolute atomic E-state index is 11.7. The van der Waals surface area contributed by atoms with Crippen LogP contribution in [0.3, 0.4) is 0 Å². The Labute approximate surface area is 106 Å². The summed E-state index contributed by atoms with van der Waals surface area (Å²) >= 11 is 3.41. The van der Waals surface area contributed by atoms with Crippen molar-refractivity contribution in [3.8, 4) is 0 Å². The predicted molar refractivity (Wildman–Crippen MR) is 70.6 cm³/mol. The monoisotopic (exact) mass is 283 g/mol. The predicted octanol–water partition coefficient (Wildman–Crippen LogP) is 3.43. The molecule has 0 saturated carbocycles. The zero-order valence-electron chi connectivity index (χ0n) is 9.58. The largest absolute Gasteiger partial charge is 0.355 e. The molecular formula is C13H18BrNO. The summed E-state index contributed by atoms with van der Waals surface area (Å²) in [4.78, 5) is 11.5. The van der Waals surface area contributed by atoms with Gasteiger partial charge in [0, 0.05) is 6.54 Å². The summed E-state index contributed by atoms with van der Waals surface area (Å²) in [5.41, 5.74) is 0.996. The number of hydrogen-bond donors (Lipinski definition) is 1. The second kappa shape index (κ2) is 7.44. The molecule has 0 saturated heterocycles. The molecule has 1 amide bonds. The van der Waals surface area contributed by atoms with Gasteiger partial charge >= 0.3 is 0 Å². The van der Waals surface area contributed by atoms with Gasteiger partial charge in [0.05, 0.1) is 0 Å². The molecule has 0 radical (unpaired) electrons. The van der Waals surface area contributed by atoms with Crippen LogP contribution in [0.4, 0.5) is 0 Å². The molecular weight excluding hydrogens is 266 g/mol. The molecule has 1 N–H and O–H groups in total. The fourth-order valence-corrected chi connectivity index (χ4v) is 1.92. The van der Waals surface area contributed by atoms with Gasteiger partial charge in [-0.25, -0.2) is 0 Å². The lowest BCUT2D eigenvalue weighted by Crippen LogP contribution is -2.27. The molecule has 0 aliphatic heterocycles. The molecule has 0 bridgehead atoms. The third-order valence-electron chi connectivity index (χ3n) is 2.40. The van der Waals surface area contributed by atoms with Crippen LogP contribution in [0.25, 0.3) is 0 Å². The first kappa shape index (κ1) is 13.2. The number of benzene rings is 1. The van der Waals surface area contributed by atoms with Gasteiger partial charge in [0.15, 0.2) is 0 Å². The van der Waals surface area contributed by atoms with Crippen LogP contribution in [0.15, 0.2) is 30.3 Å². The van der Waals surface area contributed by atoms with Gasteiger partial charge < -0.3 is 5.32 Å². The van der Waals surface area contributed by atoms with Crippen LogP contribution in [0.2, 0.25) is 0 Å². The molecule has 0 spiro atoms. The van der Waals surface area contributed by atoms with Crippen LogP contribution in [-0.2, 0) is 4.79 Å². The highest BCUT2D eigenvalue weighted by atomic mass is 79.9. The number of carbonyl (C=O) groups excluding carboxylic acids is 1. The molecule has 0 heterocycles. The first-order valence-electron chi connectivity index (χ1n) is 5.72. The Balaban J connectivity index is 2.37. The number of hydrogen-bond acceptors (Lipinski definition) is 1. The summed E-state index contributed by atoms with van der Waals surface area (Å²) < 4.78 is 0. The summed E-state index contributed by atoms with van der Waals surface area (Å²) in [5, 5.41) is 2.93. The van der Waals surface area contributed by atoms with Crippen LogP contribution >= 0.6 is 15.9 Å². The fourth-order valence-electron chi connectivity index (χ4n) is 1.45. The van der Waals surface area contributed by atoms with Crippen molar-refractivity contribution >= 4 is 21.8 Å². The SMILES string of the molecule is CCCCCNC(=O)C(Br)c1ccccc1. The van der Waals surface area contributed by atoms with Gasteiger partial charge in [0.25, 0.3) is 0 Å². The zero-order chi connectivity index (χ0) is 11.8. The molecule has 3 heteroatoms. The third kappa shape index (κ3) is 4.35. The van der Waals surface area contributed by atoms with Crippen molar-refractivity contribution < 1.29 is 4.79 Å². The topological polar surface area (TPSA) is 29.1 Å². The van der Waals surface area contributed by atoms with Crippen molar-refractivity contribution in [2.24, 2.45) is 0 Å². The lowest BCUT2D eigenvalue weighted by molar-refractivity contribution is -0.120. The molecule has 0 fully saturated rings. The Morgan fingerprint density at radius 3 is 2.62 bits per heavy atom. The average molecular weight is 284 g/mol. The molecule has 1 aromatic carbocycles. The minimum Gasteiger partial charge on any atom is -0.355 e. The standard InChI is InChI=1S/C13H18BrNO/c1-2-3-7-10-15-13(16)12(14)11-8-5-4-6-9-11/h4-6,8-9,12H,2-3,7,10H2,1H3,(H,15,16). The number of rotatable bonds is 6. The van der Waals surface area contributed by atoms with Gasteiger partial charge in [-0.2, -0.15) is 0 Å². The van der Waals surface area contributed by atoms with E-state index in [2.05, 4.69) is 28.2 Å². The molecule has 88 valence electrons. The van der Waals surface area contributed by atoms with Crippen molar-refractivity contribution in [3.63, 3.8) is 0 Å². The van der Waals surface area contributed by atoms with Crippen molar-refractivity contribution in [1.82, 2.24) is 5.32 Å².